The fourth-order valence-electron chi connectivity index (χ4n) is 24.5. The molecule has 0 amide bonds. The summed E-state index contributed by atoms with van der Waals surface area (Å²) >= 11 is -0.556. The van der Waals surface area contributed by atoms with Gasteiger partial charge in [0.25, 0.3) is 0 Å². The van der Waals surface area contributed by atoms with Crippen molar-refractivity contribution in [3.8, 4) is 156 Å². The molecule has 1 N–H and O–H groups in total. The fraction of sp³-hybridized carbons (Fsp3) is 0.367. The first-order chi connectivity index (χ1) is 71.2. The number of hydrogen-bond acceptors (Lipinski definition) is 2. The number of allylic oxidation sites excluding steroid dienone is 2. The third kappa shape index (κ3) is 22.9. The molecule has 0 bridgehead atoms. The number of Topliss-reactive ketones (excluding diaryl/α,β-unsaturated/α-hetero) is 1. The Labute approximate surface area is 911 Å². The summed E-state index contributed by atoms with van der Waals surface area (Å²) in [5.74, 6) is 4.04. The topological polar surface area (TPSA) is 37.3 Å². The predicted molar refractivity (Wildman–Crippen MR) is 655 cm³/mol. The number of carbonyl (C=O) groups is 1. The molecule has 16 rings (SSSR count). The van der Waals surface area contributed by atoms with Crippen LogP contribution in [-0.4, -0.2) is 25.8 Å². The van der Waals surface area contributed by atoms with E-state index < -0.39 is 20.4 Å². The van der Waals surface area contributed by atoms with E-state index in [2.05, 4.69) is 508 Å². The first-order valence-corrected chi connectivity index (χ1v) is 58.9. The van der Waals surface area contributed by atoms with E-state index in [-0.39, 0.29) is 106 Å². The Bertz CT molecular complexity index is 6230. The van der Waals surface area contributed by atoms with Crippen molar-refractivity contribution in [2.75, 3.05) is 0 Å². The molecule has 776 valence electrons. The van der Waals surface area contributed by atoms with Gasteiger partial charge in [0.05, 0.1) is 0 Å². The average molecular weight is 2050 g/mol. The standard InChI is InChI=1S/C147H170O2Se/c1-83(2)117-44-35-45-118(84(3)4)138(117)109-68-103(69-110(76-109)139-119(85(5)6)46-36-47-120(139)86(7)8)99-62-100(104-70-111(140-121(87(9)10)48-37-49-122(140)88(11)12)77-112(71-104)141-123(89(13)14)50-38-51-124(141)90(15)16)65-107(64-99)133-60-43-61-134(135(133)82-150-146-136(148)80-147(33,34)81-137(146)149)108-66-101(105-72-113(142-125(91(17)18)52-39-53-126(142)92(19)20)78-114(73-105)143-127(93(21)22)54-40-55-128(143)94(23)24)63-102(67-108)106-74-115(144-129(95(25)26)56-41-57-130(144)96(27)28)79-116(75-106)145-131(97(29)30)58-42-59-132(145)98(31)32/h35-79,83-98,148H,80-82H2,1-34H3. The van der Waals surface area contributed by atoms with Crippen molar-refractivity contribution in [2.45, 2.75) is 348 Å². The van der Waals surface area contributed by atoms with E-state index in [0.29, 0.717) is 22.6 Å². The molecule has 2 nitrogen and oxygen atoms in total. The summed E-state index contributed by atoms with van der Waals surface area (Å²) in [5, 5.41) is 13.4. The molecule has 15 aromatic rings. The number of benzene rings is 15. The van der Waals surface area contributed by atoms with Crippen molar-refractivity contribution in [3.05, 3.63) is 378 Å². The molecular weight excluding hydrogens is 1880 g/mol. The van der Waals surface area contributed by atoms with Gasteiger partial charge < -0.3 is 0 Å². The molecule has 1 aliphatic carbocycles. The third-order valence-corrected chi connectivity index (χ3v) is 34.7. The zero-order chi connectivity index (χ0) is 108. The van der Waals surface area contributed by atoms with Crippen LogP contribution in [0.15, 0.2) is 283 Å². The summed E-state index contributed by atoms with van der Waals surface area (Å²) < 4.78 is 0.596. The van der Waals surface area contributed by atoms with Crippen LogP contribution >= 0.6 is 0 Å². The monoisotopic (exact) mass is 2050 g/mol. The second-order valence-corrected chi connectivity index (χ2v) is 51.7. The van der Waals surface area contributed by atoms with Gasteiger partial charge in [0.15, 0.2) is 0 Å². The van der Waals surface area contributed by atoms with Crippen LogP contribution in [0.1, 0.15) is 438 Å². The van der Waals surface area contributed by atoms with Crippen LogP contribution < -0.4 is 0 Å². The van der Waals surface area contributed by atoms with Gasteiger partial charge in [0, 0.05) is 0 Å². The molecule has 1 aliphatic rings. The van der Waals surface area contributed by atoms with E-state index in [1.807, 2.05) is 0 Å². The zero-order valence-corrected chi connectivity index (χ0v) is 98.8. The van der Waals surface area contributed by atoms with E-state index in [0.717, 1.165) is 72.3 Å². The van der Waals surface area contributed by atoms with Gasteiger partial charge in [-0.05, 0) is 0 Å². The molecule has 15 aromatic carbocycles. The fourth-order valence-corrected chi connectivity index (χ4v) is 26.8. The van der Waals surface area contributed by atoms with Gasteiger partial charge in [-0.2, -0.15) is 0 Å². The Morgan fingerprint density at radius 3 is 0.480 bits per heavy atom. The molecule has 0 radical (unpaired) electrons. The summed E-state index contributed by atoms with van der Waals surface area (Å²) in [6.45, 7) is 80.2. The van der Waals surface area contributed by atoms with Gasteiger partial charge >= 0.3 is 648 Å². The minimum absolute atomic E-state index is 0.0476. The normalized spacial score (nSPS) is 13.2. The number of ketones is 1. The van der Waals surface area contributed by atoms with Crippen molar-refractivity contribution in [1.29, 1.82) is 0 Å². The number of carbonyl (C=O) groups excluding carboxylic acids is 1. The SMILES string of the molecule is CC(C)c1cccc(C(C)C)c1-c1cc(-c2cc(-c3cc(-c4c(C(C)C)cccc4C(C)C)cc(-c4c(C(C)C)cccc4C(C)C)c3)cc(-c3cccc(-c4cc(-c5cc(-c6c(C(C)C)cccc6C(C)C)cc(-c6c(C(C)C)cccc6C(C)C)c5)cc(-c5cc(-c6c(C(C)C)cccc6C(C)C)cc(-c6c(C(C)C)cccc6C(C)C)c5)c4)c3C[Se]C3=C(O)CC(C)(C)CC3=O)c2)cc(-c2c(C(C)C)cccc2C(C)C)c1. The van der Waals surface area contributed by atoms with E-state index in [1.54, 1.807) is 0 Å². The number of aliphatic hydroxyl groups is 1. The van der Waals surface area contributed by atoms with Crippen LogP contribution in [0.2, 0.25) is 0 Å². The minimum atomic E-state index is -0.556. The Kier molecular flexibility index (Phi) is 33.9. The molecule has 0 saturated carbocycles. The van der Waals surface area contributed by atoms with E-state index in [9.17, 15) is 5.11 Å². The summed E-state index contributed by atoms with van der Waals surface area (Å²) in [6, 6.07) is 110. The number of rotatable bonds is 33. The van der Waals surface area contributed by atoms with E-state index in [4.69, 9.17) is 0 Å². The quantitative estimate of drug-likeness (QED) is 0.0416. The third-order valence-electron chi connectivity index (χ3n) is 32.2. The Morgan fingerprint density at radius 2 is 0.333 bits per heavy atom. The van der Waals surface area contributed by atoms with Crippen molar-refractivity contribution in [2.24, 2.45) is 5.41 Å². The Morgan fingerprint density at radius 1 is 0.200 bits per heavy atom. The van der Waals surface area contributed by atoms with Crippen LogP contribution in [-0.2, 0) is 10.1 Å². The number of hydrogen-bond donors (Lipinski definition) is 1. The van der Waals surface area contributed by atoms with Crippen molar-refractivity contribution >= 4 is 20.7 Å². The summed E-state index contributed by atoms with van der Waals surface area (Å²) in [6.07, 6.45) is 0.805. The molecule has 150 heavy (non-hydrogen) atoms. The van der Waals surface area contributed by atoms with Crippen LogP contribution in [0, 0.1) is 5.41 Å². The molecule has 0 spiro atoms. The zero-order valence-electron chi connectivity index (χ0n) is 97.1. The van der Waals surface area contributed by atoms with Gasteiger partial charge in [-0.25, -0.2) is 0 Å². The van der Waals surface area contributed by atoms with Gasteiger partial charge in [-0.3, -0.25) is 0 Å². The molecule has 3 heteroatoms. The second-order valence-electron chi connectivity index (χ2n) is 49.6. The van der Waals surface area contributed by atoms with Crippen LogP contribution in [0.3, 0.4) is 0 Å². The van der Waals surface area contributed by atoms with Gasteiger partial charge in [-0.15, -0.1) is 0 Å². The van der Waals surface area contributed by atoms with Crippen LogP contribution in [0.5, 0.6) is 0 Å². The van der Waals surface area contributed by atoms with Gasteiger partial charge in [0.1, 0.15) is 0 Å². The molecule has 0 heterocycles. The van der Waals surface area contributed by atoms with Gasteiger partial charge in [-0.1, -0.05) is 270 Å². The summed E-state index contributed by atoms with van der Waals surface area (Å²) in [7, 11) is 0. The maximum absolute atomic E-state index is 15.5. The van der Waals surface area contributed by atoms with E-state index >= 15 is 4.79 Å². The molecule has 0 fully saturated rings. The second kappa shape index (κ2) is 45.9. The Balaban J connectivity index is 1.12. The first-order valence-electron chi connectivity index (χ1n) is 56.9. The van der Waals surface area contributed by atoms with Crippen molar-refractivity contribution < 1.29 is 9.90 Å². The average Bonchev–Trinajstić information content (AvgIpc) is 0.749. The van der Waals surface area contributed by atoms with Crippen LogP contribution in [0.25, 0.3) is 156 Å². The number of aliphatic hydroxyl groups excluding tert-OH is 1. The van der Waals surface area contributed by atoms with E-state index in [1.165, 1.54) is 178 Å². The molecule has 0 unspecified atom stereocenters. The van der Waals surface area contributed by atoms with Gasteiger partial charge in [0.2, 0.25) is 0 Å². The molecule has 0 saturated heterocycles. The molecular formula is C147H170O2Se. The molecule has 0 aliphatic heterocycles. The van der Waals surface area contributed by atoms with Crippen molar-refractivity contribution in [1.82, 2.24) is 0 Å². The molecule has 0 aromatic heterocycles. The Hall–Kier alpha value is -12.0. The molecule has 0 atom stereocenters. The van der Waals surface area contributed by atoms with Crippen molar-refractivity contribution in [3.63, 3.8) is 0 Å². The maximum atomic E-state index is 15.5. The predicted octanol–water partition coefficient (Wildman–Crippen LogP) is 44.4. The summed E-state index contributed by atoms with van der Waals surface area (Å²) in [4.78, 5) is 15.5. The summed E-state index contributed by atoms with van der Waals surface area (Å²) in [5.41, 5.74) is 55.7. The van der Waals surface area contributed by atoms with Crippen LogP contribution in [0.4, 0.5) is 0 Å². The first kappa shape index (κ1) is 111.